The summed E-state index contributed by atoms with van der Waals surface area (Å²) in [4.78, 5) is 54.5. The van der Waals surface area contributed by atoms with Crippen LogP contribution >= 0.6 is 0 Å². The van der Waals surface area contributed by atoms with Crippen molar-refractivity contribution in [2.24, 2.45) is 23.5 Å². The molecule has 0 aliphatic heterocycles. The second-order valence-corrected chi connectivity index (χ2v) is 12.9. The number of amides is 4. The number of ether oxygens (including phenoxy) is 1. The fourth-order valence-corrected chi connectivity index (χ4v) is 7.45. The van der Waals surface area contributed by atoms with Gasteiger partial charge in [-0.05, 0) is 107 Å². The Kier molecular flexibility index (Phi) is 7.46. The van der Waals surface area contributed by atoms with E-state index in [0.717, 1.165) is 47.9 Å². The third kappa shape index (κ3) is 6.05. The number of rotatable bonds is 7. The molecule has 0 radical (unpaired) electrons. The number of nitrogens with one attached hydrogen (secondary N) is 3. The van der Waals surface area contributed by atoms with Crippen LogP contribution in [-0.2, 0) is 19.7 Å². The summed E-state index contributed by atoms with van der Waals surface area (Å²) in [6.07, 6.45) is 6.36. The number of pyridine rings is 1. The first-order chi connectivity index (χ1) is 18.9. The van der Waals surface area contributed by atoms with Crippen molar-refractivity contribution >= 4 is 34.7 Å². The Hall–Kier alpha value is -3.69. The summed E-state index contributed by atoms with van der Waals surface area (Å²) in [5.74, 6) is 0.336. The van der Waals surface area contributed by atoms with Crippen molar-refractivity contribution in [2.45, 2.75) is 89.2 Å². The van der Waals surface area contributed by atoms with E-state index in [1.165, 1.54) is 24.8 Å². The van der Waals surface area contributed by atoms with Gasteiger partial charge in [0.25, 0.3) is 11.8 Å². The molecule has 214 valence electrons. The maximum Gasteiger partial charge on any atom is 0.408 e. The van der Waals surface area contributed by atoms with Gasteiger partial charge >= 0.3 is 6.09 Å². The summed E-state index contributed by atoms with van der Waals surface area (Å²) < 4.78 is 5.23. The van der Waals surface area contributed by atoms with Crippen molar-refractivity contribution < 1.29 is 23.9 Å². The molecule has 10 heteroatoms. The lowest BCUT2D eigenvalue weighted by molar-refractivity contribution is -0.124. The second kappa shape index (κ2) is 10.7. The van der Waals surface area contributed by atoms with Crippen LogP contribution in [0, 0.1) is 17.8 Å². The van der Waals surface area contributed by atoms with Crippen LogP contribution in [0.15, 0.2) is 30.3 Å². The van der Waals surface area contributed by atoms with Crippen LogP contribution in [-0.4, -0.2) is 40.4 Å². The number of fused-ring (bicyclic) bond motifs is 1. The number of hydrogen-bond acceptors (Lipinski definition) is 6. The van der Waals surface area contributed by atoms with Crippen LogP contribution in [0.1, 0.15) is 88.2 Å². The van der Waals surface area contributed by atoms with E-state index in [2.05, 4.69) is 27.2 Å². The van der Waals surface area contributed by atoms with Crippen LogP contribution in [0.25, 0.3) is 10.9 Å². The fourth-order valence-electron chi connectivity index (χ4n) is 7.45. The predicted octanol–water partition coefficient (Wildman–Crippen LogP) is 3.62. The molecule has 4 aliphatic rings. The topological polar surface area (TPSA) is 153 Å². The number of hydrogen-bond donors (Lipinski definition) is 4. The number of nitrogens with two attached hydrogens (primary N) is 1. The lowest BCUT2D eigenvalue weighted by atomic mass is 9.48. The van der Waals surface area contributed by atoms with Crippen molar-refractivity contribution in [3.8, 4) is 0 Å². The summed E-state index contributed by atoms with van der Waals surface area (Å²) >= 11 is 0. The number of nitrogens with zero attached hydrogens (tertiary/aromatic N) is 1. The lowest BCUT2D eigenvalue weighted by Crippen LogP contribution is -2.53. The van der Waals surface area contributed by atoms with Gasteiger partial charge in [-0.15, -0.1) is 0 Å². The van der Waals surface area contributed by atoms with E-state index in [0.29, 0.717) is 0 Å². The van der Waals surface area contributed by atoms with E-state index < -0.39 is 35.5 Å². The number of carbonyl (C=O) groups is 4. The fraction of sp³-hybridized carbons (Fsp3) is 0.567. The first-order valence-electron chi connectivity index (χ1n) is 14.2. The highest BCUT2D eigenvalue weighted by atomic mass is 16.6. The van der Waals surface area contributed by atoms with Gasteiger partial charge in [-0.3, -0.25) is 25.2 Å². The van der Waals surface area contributed by atoms with E-state index in [-0.39, 0.29) is 24.0 Å². The molecule has 0 saturated heterocycles. The molecule has 1 aromatic carbocycles. The molecule has 1 atom stereocenters. The van der Waals surface area contributed by atoms with Gasteiger partial charge in [-0.2, -0.15) is 0 Å². The minimum atomic E-state index is -1.14. The number of hydrazine groups is 1. The molecule has 0 unspecified atom stereocenters. The monoisotopic (exact) mass is 549 g/mol. The first kappa shape index (κ1) is 27.9. The highest BCUT2D eigenvalue weighted by Crippen LogP contribution is 2.61. The Bertz CT molecular complexity index is 1300. The number of benzene rings is 1. The van der Waals surface area contributed by atoms with E-state index >= 15 is 0 Å². The van der Waals surface area contributed by atoms with Crippen LogP contribution in [0.4, 0.5) is 4.79 Å². The van der Waals surface area contributed by atoms with Gasteiger partial charge in [-0.1, -0.05) is 18.2 Å². The van der Waals surface area contributed by atoms with Gasteiger partial charge in [0.1, 0.15) is 17.3 Å². The summed E-state index contributed by atoms with van der Waals surface area (Å²) in [5.41, 5.74) is 11.5. The highest BCUT2D eigenvalue weighted by Gasteiger charge is 2.52. The Morgan fingerprint density at radius 2 is 1.65 bits per heavy atom. The van der Waals surface area contributed by atoms with E-state index in [9.17, 15) is 19.2 Å². The maximum absolute atomic E-state index is 13.3. The van der Waals surface area contributed by atoms with Crippen molar-refractivity contribution in [1.82, 2.24) is 21.2 Å². The van der Waals surface area contributed by atoms with E-state index in [4.69, 9.17) is 10.5 Å². The molecule has 5 N–H and O–H groups in total. The Labute approximate surface area is 234 Å². The quantitative estimate of drug-likeness (QED) is 0.387. The molecule has 2 aromatic rings. The van der Waals surface area contributed by atoms with Gasteiger partial charge in [0.2, 0.25) is 5.91 Å². The van der Waals surface area contributed by atoms with E-state index in [1.807, 2.05) is 24.3 Å². The average Bonchev–Trinajstić information content (AvgIpc) is 2.86. The molecule has 6 rings (SSSR count). The Morgan fingerprint density at radius 3 is 2.25 bits per heavy atom. The van der Waals surface area contributed by atoms with Gasteiger partial charge in [-0.25, -0.2) is 9.78 Å². The molecule has 4 bridgehead atoms. The standard InChI is InChI=1S/C30H39N5O5/c1-29(2,3)40-28(39)33-23(8-9-25(31)36)26(37)34-35-27(38)24-13-21(20-6-4-5-7-22(20)32-24)30-14-17-10-18(15-30)12-19(11-17)16-30/h4-7,13,17-19,23H,8-12,14-16H2,1-3H3,(H2,31,36)(H,33,39)(H,34,37)(H,35,38)/t17?,18?,19?,23-,30?/m0/s1. The van der Waals surface area contributed by atoms with Crippen molar-refractivity contribution in [3.05, 3.63) is 41.6 Å². The average molecular weight is 550 g/mol. The number of para-hydroxylation sites is 1. The van der Waals surface area contributed by atoms with Crippen LogP contribution in [0.5, 0.6) is 0 Å². The van der Waals surface area contributed by atoms with Gasteiger partial charge in [0.15, 0.2) is 0 Å². The zero-order chi connectivity index (χ0) is 28.7. The van der Waals surface area contributed by atoms with Gasteiger partial charge in [0.05, 0.1) is 5.52 Å². The molecule has 4 aliphatic carbocycles. The van der Waals surface area contributed by atoms with Crippen LogP contribution in [0.2, 0.25) is 0 Å². The van der Waals surface area contributed by atoms with Crippen LogP contribution < -0.4 is 21.9 Å². The third-order valence-corrected chi connectivity index (χ3v) is 8.54. The summed E-state index contributed by atoms with van der Waals surface area (Å²) in [6.45, 7) is 5.08. The normalized spacial score (nSPS) is 25.7. The highest BCUT2D eigenvalue weighted by molar-refractivity contribution is 5.98. The van der Waals surface area contributed by atoms with Crippen molar-refractivity contribution in [1.29, 1.82) is 0 Å². The molecule has 1 heterocycles. The molecule has 4 fully saturated rings. The smallest absolute Gasteiger partial charge is 0.408 e. The summed E-state index contributed by atoms with van der Waals surface area (Å²) in [7, 11) is 0. The molecule has 4 amide bonds. The predicted molar refractivity (Wildman–Crippen MR) is 149 cm³/mol. The summed E-state index contributed by atoms with van der Waals surface area (Å²) in [5, 5.41) is 3.53. The molecular formula is C30H39N5O5. The molecule has 4 saturated carbocycles. The number of alkyl carbamates (subject to hydrolysis) is 1. The van der Waals surface area contributed by atoms with Crippen molar-refractivity contribution in [2.75, 3.05) is 0 Å². The minimum absolute atomic E-state index is 0.0484. The van der Waals surface area contributed by atoms with E-state index in [1.54, 1.807) is 20.8 Å². The zero-order valence-electron chi connectivity index (χ0n) is 23.4. The molecule has 1 aromatic heterocycles. The Balaban J connectivity index is 1.34. The first-order valence-corrected chi connectivity index (χ1v) is 14.2. The number of carbonyl (C=O) groups excluding carboxylic acids is 4. The molecule has 40 heavy (non-hydrogen) atoms. The zero-order valence-corrected chi connectivity index (χ0v) is 23.4. The largest absolute Gasteiger partial charge is 0.444 e. The van der Waals surface area contributed by atoms with Crippen LogP contribution in [0.3, 0.4) is 0 Å². The van der Waals surface area contributed by atoms with Gasteiger partial charge in [0, 0.05) is 11.8 Å². The number of primary amides is 1. The summed E-state index contributed by atoms with van der Waals surface area (Å²) in [6, 6.07) is 8.69. The molecular weight excluding hydrogens is 510 g/mol. The SMILES string of the molecule is CC(C)(C)OC(=O)N[C@@H](CCC(N)=O)C(=O)NNC(=O)c1cc(C23CC4CC(CC(C4)C2)C3)c2ccccc2n1. The Morgan fingerprint density at radius 1 is 1.02 bits per heavy atom. The molecule has 10 nitrogen and oxygen atoms in total. The third-order valence-electron chi connectivity index (χ3n) is 8.54. The number of aromatic nitrogens is 1. The van der Waals surface area contributed by atoms with Gasteiger partial charge < -0.3 is 15.8 Å². The second-order valence-electron chi connectivity index (χ2n) is 12.9. The minimum Gasteiger partial charge on any atom is -0.444 e. The molecule has 0 spiro atoms. The maximum atomic E-state index is 13.3. The van der Waals surface area contributed by atoms with Crippen molar-refractivity contribution in [3.63, 3.8) is 0 Å². The lowest BCUT2D eigenvalue weighted by Gasteiger charge is -2.57.